The number of rotatable bonds is 2. The lowest BCUT2D eigenvalue weighted by Crippen LogP contribution is -2.17. The van der Waals surface area contributed by atoms with E-state index in [4.69, 9.17) is 0 Å². The third kappa shape index (κ3) is 1.49. The summed E-state index contributed by atoms with van der Waals surface area (Å²) in [5, 5.41) is -0.550. The van der Waals surface area contributed by atoms with Crippen LogP contribution in [-0.4, -0.2) is 20.0 Å². The van der Waals surface area contributed by atoms with Crippen molar-refractivity contribution >= 4 is 16.1 Å². The molecule has 1 aliphatic rings. The highest BCUT2D eigenvalue weighted by Crippen LogP contribution is 2.34. The van der Waals surface area contributed by atoms with Crippen molar-refractivity contribution < 1.29 is 13.2 Å². The second kappa shape index (κ2) is 3.45. The minimum atomic E-state index is -3.26. The summed E-state index contributed by atoms with van der Waals surface area (Å²) in [4.78, 5) is 10.8. The van der Waals surface area contributed by atoms with Gasteiger partial charge in [0.1, 0.15) is 6.29 Å². The minimum Gasteiger partial charge on any atom is -0.303 e. The largest absolute Gasteiger partial charge is 0.303 e. The van der Waals surface area contributed by atoms with Crippen molar-refractivity contribution in [3.8, 4) is 0 Å². The fourth-order valence-corrected chi connectivity index (χ4v) is 3.97. The van der Waals surface area contributed by atoms with Gasteiger partial charge in [0.25, 0.3) is 0 Å². The first-order valence-electron chi connectivity index (χ1n) is 4.83. The Kier molecular flexibility index (Phi) is 2.38. The van der Waals surface area contributed by atoms with Crippen molar-refractivity contribution in [2.45, 2.75) is 29.9 Å². The van der Waals surface area contributed by atoms with Gasteiger partial charge in [0.05, 0.1) is 10.1 Å². The van der Waals surface area contributed by atoms with Crippen LogP contribution in [0.4, 0.5) is 0 Å². The highest BCUT2D eigenvalue weighted by Gasteiger charge is 2.36. The number of aryl methyl sites for hydroxylation is 1. The van der Waals surface area contributed by atoms with Crippen LogP contribution >= 0.6 is 0 Å². The molecule has 0 saturated carbocycles. The number of hydrogen-bond acceptors (Lipinski definition) is 3. The van der Waals surface area contributed by atoms with Crippen LogP contribution in [0, 0.1) is 6.92 Å². The Hall–Kier alpha value is -1.16. The maximum atomic E-state index is 12.0. The molecule has 0 spiro atoms. The Morgan fingerprint density at radius 1 is 1.47 bits per heavy atom. The van der Waals surface area contributed by atoms with Crippen molar-refractivity contribution in [1.82, 2.24) is 0 Å². The molecule has 15 heavy (non-hydrogen) atoms. The average Bonchev–Trinajstić information content (AvgIpc) is 2.43. The molecule has 0 saturated heterocycles. The van der Waals surface area contributed by atoms with Gasteiger partial charge in [-0.1, -0.05) is 12.1 Å². The van der Waals surface area contributed by atoms with E-state index >= 15 is 0 Å². The third-order valence-electron chi connectivity index (χ3n) is 2.90. The van der Waals surface area contributed by atoms with E-state index in [1.54, 1.807) is 12.1 Å². The van der Waals surface area contributed by atoms with Crippen molar-refractivity contribution in [3.63, 3.8) is 0 Å². The lowest BCUT2D eigenvalue weighted by molar-refractivity contribution is -0.107. The topological polar surface area (TPSA) is 51.2 Å². The molecule has 1 unspecified atom stereocenters. The molecule has 0 N–H and O–H groups in total. The first-order valence-corrected chi connectivity index (χ1v) is 6.38. The van der Waals surface area contributed by atoms with Gasteiger partial charge < -0.3 is 4.79 Å². The molecule has 0 amide bonds. The van der Waals surface area contributed by atoms with E-state index in [0.29, 0.717) is 17.6 Å². The van der Waals surface area contributed by atoms with Crippen LogP contribution in [-0.2, 0) is 21.1 Å². The second-order valence-corrected chi connectivity index (χ2v) is 6.02. The number of sulfone groups is 1. The summed E-state index contributed by atoms with van der Waals surface area (Å²) in [6.45, 7) is 1.90. The van der Waals surface area contributed by atoms with Crippen LogP contribution in [0.5, 0.6) is 0 Å². The lowest BCUT2D eigenvalue weighted by Gasteiger charge is -2.03. The van der Waals surface area contributed by atoms with Gasteiger partial charge in [-0.15, -0.1) is 0 Å². The fraction of sp³-hybridized carbons (Fsp3) is 0.364. The molecule has 4 heteroatoms. The molecule has 1 atom stereocenters. The van der Waals surface area contributed by atoms with E-state index in [2.05, 4.69) is 0 Å². The van der Waals surface area contributed by atoms with Crippen LogP contribution in [0.2, 0.25) is 0 Å². The SMILES string of the molecule is Cc1cccc2c1CC(CC=O)S2(=O)=O. The first-order chi connectivity index (χ1) is 7.07. The lowest BCUT2D eigenvalue weighted by atomic mass is 10.0. The van der Waals surface area contributed by atoms with Gasteiger partial charge in [-0.25, -0.2) is 8.42 Å². The number of hydrogen-bond donors (Lipinski definition) is 0. The van der Waals surface area contributed by atoms with Crippen LogP contribution in [0.15, 0.2) is 23.1 Å². The highest BCUT2D eigenvalue weighted by molar-refractivity contribution is 7.92. The Balaban J connectivity index is 2.57. The smallest absolute Gasteiger partial charge is 0.182 e. The van der Waals surface area contributed by atoms with Crippen LogP contribution in [0.3, 0.4) is 0 Å². The number of aldehydes is 1. The Bertz CT molecular complexity index is 503. The first kappa shape index (κ1) is 10.4. The maximum absolute atomic E-state index is 12.0. The molecule has 0 aliphatic carbocycles. The molecule has 1 aliphatic heterocycles. The van der Waals surface area contributed by atoms with Crippen LogP contribution in [0.25, 0.3) is 0 Å². The standard InChI is InChI=1S/C11H12O3S/c1-8-3-2-4-11-10(8)7-9(5-6-12)15(11,13)14/h2-4,6,9H,5,7H2,1H3. The summed E-state index contributed by atoms with van der Waals surface area (Å²) in [5.41, 5.74) is 1.87. The van der Waals surface area contributed by atoms with E-state index < -0.39 is 15.1 Å². The van der Waals surface area contributed by atoms with Gasteiger partial charge in [-0.3, -0.25) is 0 Å². The number of benzene rings is 1. The minimum absolute atomic E-state index is 0.0937. The van der Waals surface area contributed by atoms with E-state index in [9.17, 15) is 13.2 Å². The second-order valence-electron chi connectivity index (χ2n) is 3.83. The normalized spacial score (nSPS) is 22.3. The average molecular weight is 224 g/mol. The quantitative estimate of drug-likeness (QED) is 0.711. The Labute approximate surface area is 89.0 Å². The zero-order valence-electron chi connectivity index (χ0n) is 8.43. The summed E-state index contributed by atoms with van der Waals surface area (Å²) in [7, 11) is -3.26. The van der Waals surface area contributed by atoms with Gasteiger partial charge in [-0.2, -0.15) is 0 Å². The number of carbonyl (C=O) groups excluding carboxylic acids is 1. The van der Waals surface area contributed by atoms with Gasteiger partial charge in [0, 0.05) is 6.42 Å². The summed E-state index contributed by atoms with van der Waals surface area (Å²) in [6.07, 6.45) is 1.25. The fourth-order valence-electron chi connectivity index (χ4n) is 2.04. The van der Waals surface area contributed by atoms with E-state index in [1.165, 1.54) is 0 Å². The Morgan fingerprint density at radius 2 is 2.20 bits per heavy atom. The number of carbonyl (C=O) groups is 1. The molecule has 80 valence electrons. The predicted molar refractivity (Wildman–Crippen MR) is 56.5 cm³/mol. The molecular formula is C11H12O3S. The summed E-state index contributed by atoms with van der Waals surface area (Å²) in [6, 6.07) is 5.27. The Morgan fingerprint density at radius 3 is 2.80 bits per heavy atom. The molecule has 2 rings (SSSR count). The molecule has 0 fully saturated rings. The monoisotopic (exact) mass is 224 g/mol. The van der Waals surface area contributed by atoms with Crippen LogP contribution in [0.1, 0.15) is 17.5 Å². The van der Waals surface area contributed by atoms with Crippen molar-refractivity contribution in [2.24, 2.45) is 0 Å². The third-order valence-corrected chi connectivity index (χ3v) is 5.14. The van der Waals surface area contributed by atoms with E-state index in [-0.39, 0.29) is 6.42 Å². The summed E-state index contributed by atoms with van der Waals surface area (Å²) in [5.74, 6) is 0. The molecule has 0 aromatic heterocycles. The molecule has 0 bridgehead atoms. The van der Waals surface area contributed by atoms with E-state index in [0.717, 1.165) is 11.1 Å². The van der Waals surface area contributed by atoms with E-state index in [1.807, 2.05) is 13.0 Å². The molecule has 0 radical (unpaired) electrons. The van der Waals surface area contributed by atoms with Gasteiger partial charge >= 0.3 is 0 Å². The van der Waals surface area contributed by atoms with Crippen LogP contribution < -0.4 is 0 Å². The predicted octanol–water partition coefficient (Wildman–Crippen LogP) is 1.28. The maximum Gasteiger partial charge on any atom is 0.182 e. The van der Waals surface area contributed by atoms with Gasteiger partial charge in [-0.05, 0) is 30.5 Å². The zero-order valence-corrected chi connectivity index (χ0v) is 9.25. The van der Waals surface area contributed by atoms with Crippen molar-refractivity contribution in [2.75, 3.05) is 0 Å². The zero-order chi connectivity index (χ0) is 11.1. The highest BCUT2D eigenvalue weighted by atomic mass is 32.2. The molecule has 1 aromatic carbocycles. The summed E-state index contributed by atoms with van der Waals surface area (Å²) < 4.78 is 23.9. The van der Waals surface area contributed by atoms with Gasteiger partial charge in [0.15, 0.2) is 9.84 Å². The summed E-state index contributed by atoms with van der Waals surface area (Å²) >= 11 is 0. The van der Waals surface area contributed by atoms with Gasteiger partial charge in [0.2, 0.25) is 0 Å². The van der Waals surface area contributed by atoms with Crippen molar-refractivity contribution in [3.05, 3.63) is 29.3 Å². The molecule has 3 nitrogen and oxygen atoms in total. The molecular weight excluding hydrogens is 212 g/mol. The molecule has 1 aromatic rings. The molecule has 1 heterocycles. The number of fused-ring (bicyclic) bond motifs is 1. The van der Waals surface area contributed by atoms with Crippen molar-refractivity contribution in [1.29, 1.82) is 0 Å².